The SMILES string of the molecule is CCCCC(=O)Nc1cnc2c(c1)nc(C)n2CCCC. The van der Waals surface area contributed by atoms with E-state index in [-0.39, 0.29) is 5.91 Å². The lowest BCUT2D eigenvalue weighted by Gasteiger charge is -2.06. The molecule has 5 heteroatoms. The van der Waals surface area contributed by atoms with Crippen LogP contribution in [0.2, 0.25) is 0 Å². The number of amides is 1. The summed E-state index contributed by atoms with van der Waals surface area (Å²) in [6, 6.07) is 1.90. The lowest BCUT2D eigenvalue weighted by Crippen LogP contribution is -2.11. The highest BCUT2D eigenvalue weighted by atomic mass is 16.1. The lowest BCUT2D eigenvalue weighted by atomic mass is 10.2. The maximum Gasteiger partial charge on any atom is 0.224 e. The second kappa shape index (κ2) is 7.20. The van der Waals surface area contributed by atoms with Gasteiger partial charge in [-0.3, -0.25) is 4.79 Å². The number of aromatic nitrogens is 3. The molecule has 0 saturated heterocycles. The molecular formula is C16H24N4O. The molecule has 0 aromatic carbocycles. The van der Waals surface area contributed by atoms with Crippen LogP contribution in [0, 0.1) is 6.92 Å². The van der Waals surface area contributed by atoms with Crippen LogP contribution in [-0.2, 0) is 11.3 Å². The van der Waals surface area contributed by atoms with E-state index in [4.69, 9.17) is 0 Å². The average molecular weight is 288 g/mol. The molecule has 0 saturated carbocycles. The Bertz CT molecular complexity index is 618. The highest BCUT2D eigenvalue weighted by Gasteiger charge is 2.10. The largest absolute Gasteiger partial charge is 0.325 e. The van der Waals surface area contributed by atoms with Crippen molar-refractivity contribution in [1.29, 1.82) is 0 Å². The fourth-order valence-corrected chi connectivity index (χ4v) is 2.34. The molecule has 1 N–H and O–H groups in total. The van der Waals surface area contributed by atoms with Crippen molar-refractivity contribution >= 4 is 22.8 Å². The minimum absolute atomic E-state index is 0.0418. The van der Waals surface area contributed by atoms with Crippen molar-refractivity contribution in [2.75, 3.05) is 5.32 Å². The number of hydrogen-bond donors (Lipinski definition) is 1. The van der Waals surface area contributed by atoms with Crippen LogP contribution in [-0.4, -0.2) is 20.4 Å². The maximum absolute atomic E-state index is 11.8. The van der Waals surface area contributed by atoms with E-state index in [1.165, 1.54) is 0 Å². The van der Waals surface area contributed by atoms with Gasteiger partial charge in [0, 0.05) is 13.0 Å². The minimum Gasteiger partial charge on any atom is -0.325 e. The van der Waals surface area contributed by atoms with Gasteiger partial charge in [0.05, 0.1) is 11.9 Å². The van der Waals surface area contributed by atoms with Gasteiger partial charge in [-0.15, -0.1) is 0 Å². The summed E-state index contributed by atoms with van der Waals surface area (Å²) in [6.07, 6.45) is 6.46. The number of rotatable bonds is 7. The topological polar surface area (TPSA) is 59.8 Å². The number of nitrogens with zero attached hydrogens (tertiary/aromatic N) is 3. The third kappa shape index (κ3) is 3.80. The summed E-state index contributed by atoms with van der Waals surface area (Å²) in [6.45, 7) is 7.18. The van der Waals surface area contributed by atoms with Gasteiger partial charge in [-0.05, 0) is 25.8 Å². The zero-order valence-corrected chi connectivity index (χ0v) is 13.1. The fourth-order valence-electron chi connectivity index (χ4n) is 2.34. The average Bonchev–Trinajstić information content (AvgIpc) is 2.77. The van der Waals surface area contributed by atoms with Gasteiger partial charge in [-0.25, -0.2) is 9.97 Å². The molecule has 2 rings (SSSR count). The van der Waals surface area contributed by atoms with E-state index in [0.717, 1.165) is 54.9 Å². The van der Waals surface area contributed by atoms with E-state index in [2.05, 4.69) is 33.7 Å². The van der Waals surface area contributed by atoms with Crippen LogP contribution < -0.4 is 5.32 Å². The molecule has 0 spiro atoms. The minimum atomic E-state index is 0.0418. The highest BCUT2D eigenvalue weighted by molar-refractivity contribution is 5.92. The number of pyridine rings is 1. The second-order valence-corrected chi connectivity index (χ2v) is 5.38. The first-order chi connectivity index (χ1) is 10.2. The molecule has 5 nitrogen and oxygen atoms in total. The molecule has 114 valence electrons. The molecule has 0 atom stereocenters. The Morgan fingerprint density at radius 2 is 2.05 bits per heavy atom. The van der Waals surface area contributed by atoms with E-state index in [0.29, 0.717) is 6.42 Å². The van der Waals surface area contributed by atoms with Crippen molar-refractivity contribution in [3.63, 3.8) is 0 Å². The van der Waals surface area contributed by atoms with Crippen molar-refractivity contribution in [1.82, 2.24) is 14.5 Å². The monoisotopic (exact) mass is 288 g/mol. The van der Waals surface area contributed by atoms with Crippen LogP contribution in [0.15, 0.2) is 12.3 Å². The number of anilines is 1. The molecule has 0 bridgehead atoms. The number of carbonyl (C=O) groups excluding carboxylic acids is 1. The van der Waals surface area contributed by atoms with Gasteiger partial charge in [0.1, 0.15) is 11.3 Å². The van der Waals surface area contributed by atoms with Gasteiger partial charge >= 0.3 is 0 Å². The molecule has 2 aromatic rings. The predicted octanol–water partition coefficient (Wildman–Crippen LogP) is 3.67. The van der Waals surface area contributed by atoms with Gasteiger partial charge in [0.25, 0.3) is 0 Å². The number of carbonyl (C=O) groups is 1. The molecule has 0 aliphatic rings. The summed E-state index contributed by atoms with van der Waals surface area (Å²) in [7, 11) is 0. The van der Waals surface area contributed by atoms with Gasteiger partial charge in [0.2, 0.25) is 5.91 Å². The Kier molecular flexibility index (Phi) is 5.31. The van der Waals surface area contributed by atoms with Crippen LogP contribution >= 0.6 is 0 Å². The van der Waals surface area contributed by atoms with Crippen molar-refractivity contribution in [2.24, 2.45) is 0 Å². The fraction of sp³-hybridized carbons (Fsp3) is 0.562. The van der Waals surface area contributed by atoms with Gasteiger partial charge in [-0.2, -0.15) is 0 Å². The number of nitrogens with one attached hydrogen (secondary N) is 1. The first-order valence-electron chi connectivity index (χ1n) is 7.78. The molecule has 0 radical (unpaired) electrons. The van der Waals surface area contributed by atoms with Crippen molar-refractivity contribution < 1.29 is 4.79 Å². The molecular weight excluding hydrogens is 264 g/mol. The van der Waals surface area contributed by atoms with E-state index < -0.39 is 0 Å². The molecule has 0 unspecified atom stereocenters. The summed E-state index contributed by atoms with van der Waals surface area (Å²) in [5, 5.41) is 2.89. The molecule has 2 aromatic heterocycles. The zero-order valence-electron chi connectivity index (χ0n) is 13.1. The standard InChI is InChI=1S/C16H24N4O/c1-4-6-8-15(21)19-13-10-14-16(17-11-13)20(9-7-5-2)12(3)18-14/h10-11H,4-9H2,1-3H3,(H,19,21). The quantitative estimate of drug-likeness (QED) is 0.845. The Labute approximate surface area is 125 Å². The number of fused-ring (bicyclic) bond motifs is 1. The van der Waals surface area contributed by atoms with Crippen LogP contribution in [0.3, 0.4) is 0 Å². The summed E-state index contributed by atoms with van der Waals surface area (Å²) in [5.41, 5.74) is 2.47. The molecule has 0 fully saturated rings. The number of imidazole rings is 1. The summed E-state index contributed by atoms with van der Waals surface area (Å²) >= 11 is 0. The lowest BCUT2D eigenvalue weighted by molar-refractivity contribution is -0.116. The summed E-state index contributed by atoms with van der Waals surface area (Å²) in [4.78, 5) is 20.8. The van der Waals surface area contributed by atoms with Crippen molar-refractivity contribution in [3.8, 4) is 0 Å². The summed E-state index contributed by atoms with van der Waals surface area (Å²) < 4.78 is 2.14. The van der Waals surface area contributed by atoms with Crippen LogP contribution in [0.5, 0.6) is 0 Å². The molecule has 1 amide bonds. The van der Waals surface area contributed by atoms with Crippen LogP contribution in [0.25, 0.3) is 11.2 Å². The van der Waals surface area contributed by atoms with Crippen LogP contribution in [0.1, 0.15) is 51.8 Å². The van der Waals surface area contributed by atoms with Crippen molar-refractivity contribution in [2.45, 2.75) is 59.4 Å². The molecule has 21 heavy (non-hydrogen) atoms. The Morgan fingerprint density at radius 1 is 1.29 bits per heavy atom. The number of hydrogen-bond acceptors (Lipinski definition) is 3. The van der Waals surface area contributed by atoms with E-state index in [1.54, 1.807) is 6.20 Å². The molecule has 0 aliphatic carbocycles. The Morgan fingerprint density at radius 3 is 2.76 bits per heavy atom. The Balaban J connectivity index is 2.17. The normalized spacial score (nSPS) is 11.0. The highest BCUT2D eigenvalue weighted by Crippen LogP contribution is 2.18. The summed E-state index contributed by atoms with van der Waals surface area (Å²) in [5.74, 6) is 1.01. The van der Waals surface area contributed by atoms with E-state index in [1.807, 2.05) is 13.0 Å². The van der Waals surface area contributed by atoms with Gasteiger partial charge < -0.3 is 9.88 Å². The van der Waals surface area contributed by atoms with E-state index in [9.17, 15) is 4.79 Å². The van der Waals surface area contributed by atoms with Crippen LogP contribution in [0.4, 0.5) is 5.69 Å². The van der Waals surface area contributed by atoms with Gasteiger partial charge in [-0.1, -0.05) is 26.7 Å². The zero-order chi connectivity index (χ0) is 15.2. The van der Waals surface area contributed by atoms with E-state index >= 15 is 0 Å². The molecule has 2 heterocycles. The smallest absolute Gasteiger partial charge is 0.224 e. The molecule has 0 aliphatic heterocycles. The second-order valence-electron chi connectivity index (χ2n) is 5.38. The maximum atomic E-state index is 11.8. The third-order valence-electron chi connectivity index (χ3n) is 3.55. The first kappa shape index (κ1) is 15.5. The third-order valence-corrected chi connectivity index (χ3v) is 3.55. The number of aryl methyl sites for hydroxylation is 2. The predicted molar refractivity (Wildman–Crippen MR) is 85.3 cm³/mol. The first-order valence-corrected chi connectivity index (χ1v) is 7.78. The Hall–Kier alpha value is -1.91. The number of unbranched alkanes of at least 4 members (excludes halogenated alkanes) is 2. The van der Waals surface area contributed by atoms with Gasteiger partial charge in [0.15, 0.2) is 5.65 Å². The van der Waals surface area contributed by atoms with Crippen molar-refractivity contribution in [3.05, 3.63) is 18.1 Å².